The molecule has 0 saturated carbocycles. The molecule has 0 aliphatic carbocycles. The van der Waals surface area contributed by atoms with Crippen molar-refractivity contribution in [1.29, 1.82) is 5.26 Å². The van der Waals surface area contributed by atoms with Crippen LogP contribution in [0.25, 0.3) is 81.8 Å². The average molecular weight is 716 g/mol. The Morgan fingerprint density at radius 1 is 0.518 bits per heavy atom. The predicted octanol–water partition coefficient (Wildman–Crippen LogP) is 13.7. The molecule has 6 heteroatoms. The van der Waals surface area contributed by atoms with Gasteiger partial charge in [0, 0.05) is 44.0 Å². The third-order valence-electron chi connectivity index (χ3n) is 11.0. The molecule has 0 amide bonds. The molecular formula is C50H29N5O. The van der Waals surface area contributed by atoms with Crippen molar-refractivity contribution in [3.05, 3.63) is 193 Å². The first kappa shape index (κ1) is 31.5. The highest BCUT2D eigenvalue weighted by atomic mass is 16.3. The molecule has 0 saturated heterocycles. The van der Waals surface area contributed by atoms with Gasteiger partial charge >= 0.3 is 0 Å². The Kier molecular flexibility index (Phi) is 6.88. The van der Waals surface area contributed by atoms with Crippen LogP contribution in [0.1, 0.15) is 5.56 Å². The molecule has 260 valence electrons. The van der Waals surface area contributed by atoms with E-state index in [4.69, 9.17) is 11.0 Å². The van der Waals surface area contributed by atoms with Crippen LogP contribution in [0.3, 0.4) is 0 Å². The number of nitrogens with zero attached hydrogens (tertiary/aromatic N) is 5. The number of para-hydroxylation sites is 5. The fraction of sp³-hybridized carbons (Fsp3) is 0. The standard InChI is InChI=1S/C50H29N5O/c1-52-41-26-29-45(40(31-51)49(41)55-42-21-11-8-18-35(42)36-19-9-12-22-43(36)55)54-44-27-24-34(53(32-14-4-2-5-15-32)33-16-6-3-7-17-33)30-39(44)48-46(54)28-25-38-37-20-10-13-23-47(37)56-50(38)48/h2-30H. The van der Waals surface area contributed by atoms with E-state index in [0.29, 0.717) is 22.6 Å². The zero-order chi connectivity index (χ0) is 37.3. The largest absolute Gasteiger partial charge is 0.455 e. The molecule has 0 N–H and O–H groups in total. The van der Waals surface area contributed by atoms with E-state index in [1.54, 1.807) is 0 Å². The van der Waals surface area contributed by atoms with E-state index in [2.05, 4.69) is 134 Å². The van der Waals surface area contributed by atoms with Crippen LogP contribution < -0.4 is 4.90 Å². The summed E-state index contributed by atoms with van der Waals surface area (Å²) in [5.41, 5.74) is 10.4. The average Bonchev–Trinajstić information content (AvgIpc) is 3.91. The summed E-state index contributed by atoms with van der Waals surface area (Å²) in [6, 6.07) is 62.4. The lowest BCUT2D eigenvalue weighted by Crippen LogP contribution is -2.09. The number of nitriles is 1. The molecule has 0 unspecified atom stereocenters. The summed E-state index contributed by atoms with van der Waals surface area (Å²) in [7, 11) is 0. The van der Waals surface area contributed by atoms with Crippen LogP contribution in [0.5, 0.6) is 0 Å². The number of rotatable bonds is 5. The van der Waals surface area contributed by atoms with Gasteiger partial charge in [-0.2, -0.15) is 5.26 Å². The zero-order valence-corrected chi connectivity index (χ0v) is 29.9. The molecule has 11 rings (SSSR count). The maximum absolute atomic E-state index is 11.2. The Balaban J connectivity index is 1.26. The molecule has 0 bridgehead atoms. The van der Waals surface area contributed by atoms with E-state index < -0.39 is 0 Å². The van der Waals surface area contributed by atoms with Gasteiger partial charge in [-0.05, 0) is 78.9 Å². The van der Waals surface area contributed by atoms with Gasteiger partial charge in [0.05, 0.1) is 51.0 Å². The highest BCUT2D eigenvalue weighted by Crippen LogP contribution is 2.46. The Hall–Kier alpha value is -8.06. The topological polar surface area (TPSA) is 54.4 Å². The van der Waals surface area contributed by atoms with Crippen LogP contribution in [0.15, 0.2) is 180 Å². The number of benzene rings is 8. The molecule has 0 aliphatic heterocycles. The van der Waals surface area contributed by atoms with Crippen LogP contribution in [-0.4, -0.2) is 9.13 Å². The van der Waals surface area contributed by atoms with Gasteiger partial charge in [-0.1, -0.05) is 97.1 Å². The number of fused-ring (bicyclic) bond motifs is 10. The van der Waals surface area contributed by atoms with Crippen molar-refractivity contribution in [2.24, 2.45) is 0 Å². The normalized spacial score (nSPS) is 11.5. The van der Waals surface area contributed by atoms with Crippen LogP contribution in [0.2, 0.25) is 0 Å². The van der Waals surface area contributed by atoms with Gasteiger partial charge in [-0.3, -0.25) is 0 Å². The molecule has 0 aliphatic rings. The summed E-state index contributed by atoms with van der Waals surface area (Å²) in [4.78, 5) is 6.25. The Morgan fingerprint density at radius 2 is 1.11 bits per heavy atom. The van der Waals surface area contributed by atoms with Crippen LogP contribution in [-0.2, 0) is 0 Å². The molecule has 56 heavy (non-hydrogen) atoms. The van der Waals surface area contributed by atoms with Gasteiger partial charge in [0.2, 0.25) is 5.69 Å². The predicted molar refractivity (Wildman–Crippen MR) is 228 cm³/mol. The molecule has 6 nitrogen and oxygen atoms in total. The van der Waals surface area contributed by atoms with E-state index in [0.717, 1.165) is 82.6 Å². The number of anilines is 3. The van der Waals surface area contributed by atoms with Crippen LogP contribution >= 0.6 is 0 Å². The third kappa shape index (κ3) is 4.48. The molecule has 0 radical (unpaired) electrons. The molecule has 11 aromatic rings. The molecule has 0 fully saturated rings. The second-order valence-corrected chi connectivity index (χ2v) is 13.9. The summed E-state index contributed by atoms with van der Waals surface area (Å²) in [5.74, 6) is 0. The van der Waals surface area contributed by atoms with E-state index in [1.165, 1.54) is 0 Å². The maximum atomic E-state index is 11.2. The summed E-state index contributed by atoms with van der Waals surface area (Å²) in [6.07, 6.45) is 0. The lowest BCUT2D eigenvalue weighted by molar-refractivity contribution is 0.673. The third-order valence-corrected chi connectivity index (χ3v) is 11.0. The Bertz CT molecular complexity index is 3360. The van der Waals surface area contributed by atoms with Crippen molar-refractivity contribution in [1.82, 2.24) is 9.13 Å². The summed E-state index contributed by atoms with van der Waals surface area (Å²) < 4.78 is 11.0. The minimum Gasteiger partial charge on any atom is -0.455 e. The number of aromatic nitrogens is 2. The highest BCUT2D eigenvalue weighted by molar-refractivity contribution is 6.24. The first-order valence-electron chi connectivity index (χ1n) is 18.5. The van der Waals surface area contributed by atoms with Gasteiger partial charge in [-0.25, -0.2) is 4.85 Å². The fourth-order valence-corrected chi connectivity index (χ4v) is 8.62. The Morgan fingerprint density at radius 3 is 1.77 bits per heavy atom. The minimum atomic E-state index is 0.404. The van der Waals surface area contributed by atoms with Crippen molar-refractivity contribution in [3.8, 4) is 17.4 Å². The second kappa shape index (κ2) is 12.2. The summed E-state index contributed by atoms with van der Waals surface area (Å²) >= 11 is 0. The second-order valence-electron chi connectivity index (χ2n) is 13.9. The maximum Gasteiger partial charge on any atom is 0.212 e. The number of furan rings is 1. The van der Waals surface area contributed by atoms with Gasteiger partial charge in [-0.15, -0.1) is 0 Å². The molecule has 0 atom stereocenters. The molecule has 3 heterocycles. The summed E-state index contributed by atoms with van der Waals surface area (Å²) in [6.45, 7) is 8.31. The first-order valence-corrected chi connectivity index (χ1v) is 18.5. The first-order chi connectivity index (χ1) is 27.7. The zero-order valence-electron chi connectivity index (χ0n) is 29.9. The lowest BCUT2D eigenvalue weighted by Gasteiger charge is -2.25. The van der Waals surface area contributed by atoms with Crippen molar-refractivity contribution in [2.45, 2.75) is 0 Å². The van der Waals surface area contributed by atoms with Gasteiger partial charge < -0.3 is 18.5 Å². The Labute approximate surface area is 321 Å². The van der Waals surface area contributed by atoms with E-state index in [1.807, 2.05) is 66.7 Å². The SMILES string of the molecule is [C-]#[N+]c1ccc(-n2c3ccc(N(c4ccccc4)c4ccccc4)cc3c3c4oc5ccccc5c4ccc32)c(C#N)c1-n1c2ccccc2c2ccccc21. The van der Waals surface area contributed by atoms with Gasteiger partial charge in [0.15, 0.2) is 0 Å². The smallest absolute Gasteiger partial charge is 0.212 e. The molecule has 8 aromatic carbocycles. The quantitative estimate of drug-likeness (QED) is 0.167. The van der Waals surface area contributed by atoms with Crippen molar-refractivity contribution in [2.75, 3.05) is 4.90 Å². The summed E-state index contributed by atoms with van der Waals surface area (Å²) in [5, 5.41) is 17.4. The lowest BCUT2D eigenvalue weighted by atomic mass is 10.1. The van der Waals surface area contributed by atoms with Crippen molar-refractivity contribution < 1.29 is 4.42 Å². The minimum absolute atomic E-state index is 0.404. The van der Waals surface area contributed by atoms with Gasteiger partial charge in [0.1, 0.15) is 17.2 Å². The van der Waals surface area contributed by atoms with Crippen LogP contribution in [0, 0.1) is 17.9 Å². The monoisotopic (exact) mass is 715 g/mol. The number of hydrogen-bond donors (Lipinski definition) is 0. The van der Waals surface area contributed by atoms with Gasteiger partial charge in [0.25, 0.3) is 0 Å². The molecule has 3 aromatic heterocycles. The van der Waals surface area contributed by atoms with E-state index >= 15 is 0 Å². The fourth-order valence-electron chi connectivity index (χ4n) is 8.62. The van der Waals surface area contributed by atoms with Crippen molar-refractivity contribution >= 4 is 88.3 Å². The van der Waals surface area contributed by atoms with Crippen LogP contribution in [0.4, 0.5) is 22.7 Å². The molecule has 0 spiro atoms. The van der Waals surface area contributed by atoms with Crippen molar-refractivity contribution in [3.63, 3.8) is 0 Å². The van der Waals surface area contributed by atoms with E-state index in [-0.39, 0.29) is 0 Å². The molecular weight excluding hydrogens is 687 g/mol. The highest BCUT2D eigenvalue weighted by Gasteiger charge is 2.26. The van der Waals surface area contributed by atoms with E-state index in [9.17, 15) is 5.26 Å². The number of hydrogen-bond acceptors (Lipinski definition) is 3.